The molecule has 382 valence electrons. The molecule has 1 aromatic carbocycles. The van der Waals surface area contributed by atoms with E-state index in [2.05, 4.69) is 47.6 Å². The SMILES string of the molecule is CCCCCCCCCCCCCCCCCCCCCCOc1ccc(/C=C/C(=O)OCCCCCO[C@H]2CC[C@@]3(C)C(=CC[C@H]4[C@@H]5CC[C@H]([C@H](C)CCCC(C)C)[C@@]5(C)CC[C@@H]43)C2)cc1. The molecule has 3 saturated carbocycles. The van der Waals surface area contributed by atoms with Gasteiger partial charge in [-0.1, -0.05) is 207 Å². The Morgan fingerprint density at radius 2 is 1.22 bits per heavy atom. The van der Waals surface area contributed by atoms with Crippen LogP contribution in [0.5, 0.6) is 5.75 Å². The van der Waals surface area contributed by atoms with Crippen molar-refractivity contribution in [1.29, 1.82) is 0 Å². The average Bonchev–Trinajstić information content (AvgIpc) is 3.68. The predicted molar refractivity (Wildman–Crippen MR) is 287 cm³/mol. The fourth-order valence-corrected chi connectivity index (χ4v) is 14.0. The van der Waals surface area contributed by atoms with Crippen LogP contribution in [0.1, 0.15) is 265 Å². The first-order valence-electron chi connectivity index (χ1n) is 29.5. The third-order valence-electron chi connectivity index (χ3n) is 18.2. The molecule has 4 heteroatoms. The molecule has 0 spiro atoms. The van der Waals surface area contributed by atoms with Crippen LogP contribution in [0.15, 0.2) is 42.0 Å². The van der Waals surface area contributed by atoms with Crippen molar-refractivity contribution in [2.45, 2.75) is 266 Å². The highest BCUT2D eigenvalue weighted by Gasteiger charge is 2.59. The second-order valence-corrected chi connectivity index (χ2v) is 23.7. The van der Waals surface area contributed by atoms with E-state index in [4.69, 9.17) is 14.2 Å². The van der Waals surface area contributed by atoms with Crippen molar-refractivity contribution in [3.05, 3.63) is 47.6 Å². The number of allylic oxidation sites excluding steroid dienone is 1. The highest BCUT2D eigenvalue weighted by Crippen LogP contribution is 2.67. The summed E-state index contributed by atoms with van der Waals surface area (Å²) in [5.41, 5.74) is 3.65. The highest BCUT2D eigenvalue weighted by molar-refractivity contribution is 5.87. The second kappa shape index (κ2) is 31.3. The standard InChI is InChI=1S/C63H106O4/c1-7-8-9-10-11-12-13-14-15-16-17-18-19-20-21-22-23-24-25-27-47-65-55-37-33-53(34-38-55)35-42-61(64)67-49-29-26-28-48-66-56-43-45-62(5)54(50-56)36-39-57-59-41-40-58(52(4)32-30-31-51(2)3)63(59,6)46-44-60(57)62/h33-38,42,51-52,56-60H,7-32,39-41,43-50H2,1-6H3/b42-35+/t52-,56+,57+,58-,59+,60+,62+,63-/m1/s1. The van der Waals surface area contributed by atoms with E-state index >= 15 is 0 Å². The van der Waals surface area contributed by atoms with Crippen molar-refractivity contribution < 1.29 is 19.0 Å². The zero-order valence-electron chi connectivity index (χ0n) is 44.9. The van der Waals surface area contributed by atoms with E-state index in [9.17, 15) is 4.79 Å². The van der Waals surface area contributed by atoms with Gasteiger partial charge in [0.25, 0.3) is 0 Å². The summed E-state index contributed by atoms with van der Waals surface area (Å²) < 4.78 is 18.0. The Balaban J connectivity index is 0.823. The van der Waals surface area contributed by atoms with E-state index in [0.717, 1.165) is 92.1 Å². The molecule has 0 N–H and O–H groups in total. The maximum Gasteiger partial charge on any atom is 0.330 e. The van der Waals surface area contributed by atoms with Gasteiger partial charge in [0.1, 0.15) is 5.75 Å². The summed E-state index contributed by atoms with van der Waals surface area (Å²) in [6.45, 7) is 17.1. The van der Waals surface area contributed by atoms with Crippen molar-refractivity contribution >= 4 is 12.0 Å². The topological polar surface area (TPSA) is 44.8 Å². The molecule has 0 aliphatic heterocycles. The third-order valence-corrected chi connectivity index (χ3v) is 18.2. The van der Waals surface area contributed by atoms with Crippen LogP contribution in [0.2, 0.25) is 0 Å². The van der Waals surface area contributed by atoms with Crippen LogP contribution >= 0.6 is 0 Å². The first-order chi connectivity index (χ1) is 32.6. The molecule has 0 saturated heterocycles. The van der Waals surface area contributed by atoms with Crippen LogP contribution in [-0.4, -0.2) is 31.9 Å². The zero-order chi connectivity index (χ0) is 47.6. The van der Waals surface area contributed by atoms with Gasteiger partial charge in [-0.25, -0.2) is 4.79 Å². The van der Waals surface area contributed by atoms with Gasteiger partial charge in [-0.3, -0.25) is 0 Å². The molecule has 1 aromatic rings. The molecule has 8 atom stereocenters. The molecule has 3 fully saturated rings. The second-order valence-electron chi connectivity index (χ2n) is 23.7. The van der Waals surface area contributed by atoms with E-state index in [1.165, 1.54) is 186 Å². The lowest BCUT2D eigenvalue weighted by molar-refractivity contribution is -0.137. The fourth-order valence-electron chi connectivity index (χ4n) is 14.0. The Kier molecular flexibility index (Phi) is 26.1. The van der Waals surface area contributed by atoms with Gasteiger partial charge in [-0.05, 0) is 147 Å². The van der Waals surface area contributed by atoms with E-state index in [0.29, 0.717) is 23.5 Å². The number of carbonyl (C=O) groups is 1. The number of carbonyl (C=O) groups excluding carboxylic acids is 1. The number of ether oxygens (including phenoxy) is 3. The smallest absolute Gasteiger partial charge is 0.330 e. The molecule has 67 heavy (non-hydrogen) atoms. The van der Waals surface area contributed by atoms with E-state index in [1.54, 1.807) is 11.6 Å². The van der Waals surface area contributed by atoms with Gasteiger partial charge >= 0.3 is 5.97 Å². The maximum atomic E-state index is 12.4. The predicted octanol–water partition coefficient (Wildman–Crippen LogP) is 19.0. The van der Waals surface area contributed by atoms with Crippen LogP contribution in [0.25, 0.3) is 6.08 Å². The van der Waals surface area contributed by atoms with E-state index in [-0.39, 0.29) is 5.97 Å². The first kappa shape index (κ1) is 55.9. The molecular formula is C63H106O4. The van der Waals surface area contributed by atoms with Crippen molar-refractivity contribution in [2.24, 2.45) is 46.3 Å². The number of esters is 1. The van der Waals surface area contributed by atoms with Gasteiger partial charge in [0.15, 0.2) is 0 Å². The minimum atomic E-state index is -0.272. The summed E-state index contributed by atoms with van der Waals surface area (Å²) in [4.78, 5) is 12.4. The Morgan fingerprint density at radius 1 is 0.642 bits per heavy atom. The summed E-state index contributed by atoms with van der Waals surface area (Å²) in [6, 6.07) is 8.03. The molecule has 0 aromatic heterocycles. The lowest BCUT2D eigenvalue weighted by Gasteiger charge is -2.58. The molecule has 4 nitrogen and oxygen atoms in total. The molecule has 4 aliphatic carbocycles. The lowest BCUT2D eigenvalue weighted by Crippen LogP contribution is -2.51. The number of unbranched alkanes of at least 4 members (excludes halogenated alkanes) is 21. The summed E-state index contributed by atoms with van der Waals surface area (Å²) in [7, 11) is 0. The molecule has 0 unspecified atom stereocenters. The maximum absolute atomic E-state index is 12.4. The summed E-state index contributed by atoms with van der Waals surface area (Å²) >= 11 is 0. The number of rotatable bonds is 36. The summed E-state index contributed by atoms with van der Waals surface area (Å²) in [5, 5.41) is 0. The largest absolute Gasteiger partial charge is 0.494 e. The van der Waals surface area contributed by atoms with Crippen molar-refractivity contribution in [2.75, 3.05) is 19.8 Å². The Hall–Kier alpha value is -2.07. The van der Waals surface area contributed by atoms with Crippen LogP contribution in [0, 0.1) is 46.3 Å². The van der Waals surface area contributed by atoms with Crippen molar-refractivity contribution in [3.8, 4) is 5.75 Å². The first-order valence-corrected chi connectivity index (χ1v) is 29.5. The summed E-state index contributed by atoms with van der Waals surface area (Å²) in [6.07, 6.45) is 52.4. The number of hydrogen-bond acceptors (Lipinski definition) is 4. The van der Waals surface area contributed by atoms with Crippen LogP contribution in [0.3, 0.4) is 0 Å². The normalized spacial score (nSPS) is 26.3. The van der Waals surface area contributed by atoms with Gasteiger partial charge in [-0.15, -0.1) is 0 Å². The molecular weight excluding hydrogens is 821 g/mol. The fraction of sp³-hybridized carbons (Fsp3) is 0.825. The molecule has 0 amide bonds. The zero-order valence-corrected chi connectivity index (χ0v) is 44.9. The molecule has 0 radical (unpaired) electrons. The van der Waals surface area contributed by atoms with Gasteiger partial charge in [-0.2, -0.15) is 0 Å². The van der Waals surface area contributed by atoms with E-state index in [1.807, 2.05) is 30.3 Å². The Morgan fingerprint density at radius 3 is 1.85 bits per heavy atom. The molecule has 0 bridgehead atoms. The molecule has 0 heterocycles. The van der Waals surface area contributed by atoms with Crippen LogP contribution in [0.4, 0.5) is 0 Å². The quantitative estimate of drug-likeness (QED) is 0.0291. The number of hydrogen-bond donors (Lipinski definition) is 0. The Labute approximate surface area is 414 Å². The van der Waals surface area contributed by atoms with Gasteiger partial charge < -0.3 is 14.2 Å². The van der Waals surface area contributed by atoms with Gasteiger partial charge in [0, 0.05) is 12.7 Å². The third kappa shape index (κ3) is 18.9. The lowest BCUT2D eigenvalue weighted by atomic mass is 9.47. The average molecular weight is 928 g/mol. The van der Waals surface area contributed by atoms with E-state index < -0.39 is 0 Å². The number of fused-ring (bicyclic) bond motifs is 5. The Bertz CT molecular complexity index is 1530. The van der Waals surface area contributed by atoms with Gasteiger partial charge in [0.05, 0.1) is 19.3 Å². The molecule has 5 rings (SSSR count). The highest BCUT2D eigenvalue weighted by atomic mass is 16.5. The number of benzene rings is 1. The van der Waals surface area contributed by atoms with Crippen molar-refractivity contribution in [1.82, 2.24) is 0 Å². The van der Waals surface area contributed by atoms with Crippen molar-refractivity contribution in [3.63, 3.8) is 0 Å². The van der Waals surface area contributed by atoms with Crippen LogP contribution in [-0.2, 0) is 14.3 Å². The minimum Gasteiger partial charge on any atom is -0.494 e. The van der Waals surface area contributed by atoms with Gasteiger partial charge in [0.2, 0.25) is 0 Å². The summed E-state index contributed by atoms with van der Waals surface area (Å²) in [5.74, 6) is 5.95. The minimum absolute atomic E-state index is 0.272. The van der Waals surface area contributed by atoms with Crippen LogP contribution < -0.4 is 4.74 Å². The molecule has 4 aliphatic rings. The monoisotopic (exact) mass is 927 g/mol.